The Morgan fingerprint density at radius 3 is 2.31 bits per heavy atom. The summed E-state index contributed by atoms with van der Waals surface area (Å²) >= 11 is 0. The number of hydrogen-bond acceptors (Lipinski definition) is 3. The number of aliphatic carboxylic acids is 1. The molecule has 2 rings (SSSR count). The highest BCUT2D eigenvalue weighted by Crippen LogP contribution is 2.36. The molecule has 0 aromatic heterocycles. The number of benzene rings is 2. The summed E-state index contributed by atoms with van der Waals surface area (Å²) < 4.78 is 44.1. The normalized spacial score (nSPS) is 12.3. The van der Waals surface area contributed by atoms with Crippen molar-refractivity contribution in [1.29, 1.82) is 0 Å². The molecule has 2 N–H and O–H groups in total. The Bertz CT molecular complexity index is 788. The predicted molar refractivity (Wildman–Crippen MR) is 87.3 cm³/mol. The zero-order valence-corrected chi connectivity index (χ0v) is 13.7. The molecule has 0 saturated carbocycles. The van der Waals surface area contributed by atoms with Gasteiger partial charge >= 0.3 is 18.2 Å². The average molecular weight is 367 g/mol. The lowest BCUT2D eigenvalue weighted by Gasteiger charge is -2.13. The quantitative estimate of drug-likeness (QED) is 0.835. The van der Waals surface area contributed by atoms with Crippen molar-refractivity contribution < 1.29 is 32.6 Å². The van der Waals surface area contributed by atoms with Crippen LogP contribution in [0, 0.1) is 0 Å². The first-order chi connectivity index (χ1) is 12.2. The standard InChI is InChI=1S/C18H16F3NO4/c1-11(16(23)24)22-17(25)26-10-12-6-8-13(9-7-12)14-4-2-3-5-15(14)18(19,20)21/h2-9,11H,10H2,1H3,(H,22,25)(H,23,24)/t11-/m0/s1. The number of carboxylic acid groups (broad SMARTS) is 1. The molecule has 2 aromatic rings. The lowest BCUT2D eigenvalue weighted by Crippen LogP contribution is -2.38. The second-order valence-electron chi connectivity index (χ2n) is 5.52. The molecule has 8 heteroatoms. The van der Waals surface area contributed by atoms with E-state index in [9.17, 15) is 22.8 Å². The Labute approximate surface area is 147 Å². The molecule has 0 heterocycles. The molecule has 0 saturated heterocycles. The van der Waals surface area contributed by atoms with Gasteiger partial charge in [0.15, 0.2) is 0 Å². The summed E-state index contributed by atoms with van der Waals surface area (Å²) in [6, 6.07) is 10.2. The molecular formula is C18H16F3NO4. The molecule has 1 atom stereocenters. The Morgan fingerprint density at radius 2 is 1.73 bits per heavy atom. The zero-order valence-electron chi connectivity index (χ0n) is 13.7. The first kappa shape index (κ1) is 19.3. The topological polar surface area (TPSA) is 75.6 Å². The first-order valence-electron chi connectivity index (χ1n) is 7.60. The van der Waals surface area contributed by atoms with Gasteiger partial charge in [-0.15, -0.1) is 0 Å². The molecule has 0 radical (unpaired) electrons. The van der Waals surface area contributed by atoms with Crippen LogP contribution in [0.15, 0.2) is 48.5 Å². The second kappa shape index (κ2) is 7.90. The minimum atomic E-state index is -4.46. The fraction of sp³-hybridized carbons (Fsp3) is 0.222. The molecule has 0 aliphatic heterocycles. The summed E-state index contributed by atoms with van der Waals surface area (Å²) in [5.41, 5.74) is 0.258. The van der Waals surface area contributed by atoms with E-state index in [1.807, 2.05) is 0 Å². The fourth-order valence-corrected chi connectivity index (χ4v) is 2.19. The summed E-state index contributed by atoms with van der Waals surface area (Å²) in [4.78, 5) is 22.1. The van der Waals surface area contributed by atoms with Gasteiger partial charge in [0.1, 0.15) is 12.6 Å². The van der Waals surface area contributed by atoms with Gasteiger partial charge in [0, 0.05) is 0 Å². The number of alkyl halides is 3. The van der Waals surface area contributed by atoms with E-state index in [0.717, 1.165) is 6.07 Å². The predicted octanol–water partition coefficient (Wildman–Crippen LogP) is 4.07. The van der Waals surface area contributed by atoms with E-state index in [4.69, 9.17) is 9.84 Å². The maximum atomic E-state index is 13.1. The van der Waals surface area contributed by atoms with Crippen LogP contribution in [0.2, 0.25) is 0 Å². The second-order valence-corrected chi connectivity index (χ2v) is 5.52. The Balaban J connectivity index is 2.06. The smallest absolute Gasteiger partial charge is 0.417 e. The van der Waals surface area contributed by atoms with Crippen LogP contribution in [0.25, 0.3) is 11.1 Å². The summed E-state index contributed by atoms with van der Waals surface area (Å²) in [5, 5.41) is 10.8. The largest absolute Gasteiger partial charge is 0.480 e. The van der Waals surface area contributed by atoms with Crippen LogP contribution >= 0.6 is 0 Å². The molecule has 0 bridgehead atoms. The molecule has 0 spiro atoms. The first-order valence-corrected chi connectivity index (χ1v) is 7.60. The van der Waals surface area contributed by atoms with Gasteiger partial charge in [0.05, 0.1) is 5.56 Å². The van der Waals surface area contributed by atoms with Crippen molar-refractivity contribution >= 4 is 12.1 Å². The third kappa shape index (κ3) is 4.98. The Kier molecular flexibility index (Phi) is 5.86. The molecule has 0 aliphatic rings. The number of carbonyl (C=O) groups is 2. The molecule has 0 fully saturated rings. The highest BCUT2D eigenvalue weighted by molar-refractivity contribution is 5.79. The van der Waals surface area contributed by atoms with Crippen LogP contribution < -0.4 is 5.32 Å². The van der Waals surface area contributed by atoms with E-state index in [1.54, 1.807) is 0 Å². The van der Waals surface area contributed by atoms with Crippen LogP contribution in [0.3, 0.4) is 0 Å². The maximum absolute atomic E-state index is 13.1. The van der Waals surface area contributed by atoms with Crippen LogP contribution in [-0.4, -0.2) is 23.2 Å². The van der Waals surface area contributed by atoms with Gasteiger partial charge in [0.25, 0.3) is 0 Å². The van der Waals surface area contributed by atoms with E-state index in [1.165, 1.54) is 49.4 Å². The van der Waals surface area contributed by atoms with Crippen LogP contribution in [0.1, 0.15) is 18.1 Å². The molecular weight excluding hydrogens is 351 g/mol. The lowest BCUT2D eigenvalue weighted by atomic mass is 9.98. The van der Waals surface area contributed by atoms with Crippen LogP contribution in [-0.2, 0) is 22.3 Å². The zero-order chi connectivity index (χ0) is 19.3. The molecule has 2 aromatic carbocycles. The molecule has 0 aliphatic carbocycles. The van der Waals surface area contributed by atoms with Crippen molar-refractivity contribution in [2.24, 2.45) is 0 Å². The fourth-order valence-electron chi connectivity index (χ4n) is 2.19. The summed E-state index contributed by atoms with van der Waals surface area (Å²) in [7, 11) is 0. The van der Waals surface area contributed by atoms with Gasteiger partial charge in [-0.25, -0.2) is 4.79 Å². The van der Waals surface area contributed by atoms with Gasteiger partial charge < -0.3 is 15.2 Å². The Morgan fingerprint density at radius 1 is 1.12 bits per heavy atom. The SMILES string of the molecule is C[C@H](NC(=O)OCc1ccc(-c2ccccc2C(F)(F)F)cc1)C(=O)O. The number of ether oxygens (including phenoxy) is 1. The third-order valence-corrected chi connectivity index (χ3v) is 3.57. The van der Waals surface area contributed by atoms with Crippen LogP contribution in [0.5, 0.6) is 0 Å². The highest BCUT2D eigenvalue weighted by atomic mass is 19.4. The number of carboxylic acids is 1. The lowest BCUT2D eigenvalue weighted by molar-refractivity contribution is -0.139. The summed E-state index contributed by atoms with van der Waals surface area (Å²) in [6.45, 7) is 1.15. The van der Waals surface area contributed by atoms with E-state index >= 15 is 0 Å². The molecule has 1 amide bonds. The number of amides is 1. The highest BCUT2D eigenvalue weighted by Gasteiger charge is 2.33. The van der Waals surface area contributed by atoms with E-state index in [-0.39, 0.29) is 12.2 Å². The average Bonchev–Trinajstić information content (AvgIpc) is 2.59. The van der Waals surface area contributed by atoms with Gasteiger partial charge in [-0.2, -0.15) is 13.2 Å². The summed E-state index contributed by atoms with van der Waals surface area (Å²) in [6.07, 6.45) is -5.36. The maximum Gasteiger partial charge on any atom is 0.417 e. The number of carbonyl (C=O) groups excluding carboxylic acids is 1. The number of alkyl carbamates (subject to hydrolysis) is 1. The molecule has 138 valence electrons. The molecule has 0 unspecified atom stereocenters. The number of nitrogens with one attached hydrogen (secondary N) is 1. The van der Waals surface area contributed by atoms with E-state index in [2.05, 4.69) is 5.32 Å². The minimum absolute atomic E-state index is 0.0560. The van der Waals surface area contributed by atoms with Crippen molar-refractivity contribution in [2.75, 3.05) is 0 Å². The van der Waals surface area contributed by atoms with Crippen LogP contribution in [0.4, 0.5) is 18.0 Å². The summed E-state index contributed by atoms with van der Waals surface area (Å²) in [5.74, 6) is -1.20. The third-order valence-electron chi connectivity index (χ3n) is 3.57. The van der Waals surface area contributed by atoms with E-state index < -0.39 is 29.8 Å². The van der Waals surface area contributed by atoms with Gasteiger partial charge in [-0.05, 0) is 29.7 Å². The monoisotopic (exact) mass is 367 g/mol. The molecule has 26 heavy (non-hydrogen) atoms. The number of hydrogen-bond donors (Lipinski definition) is 2. The van der Waals surface area contributed by atoms with Gasteiger partial charge in [-0.3, -0.25) is 4.79 Å². The number of halogens is 3. The Hall–Kier alpha value is -3.03. The van der Waals surface area contributed by atoms with Crippen molar-refractivity contribution in [3.05, 3.63) is 59.7 Å². The van der Waals surface area contributed by atoms with Crippen molar-refractivity contribution in [3.8, 4) is 11.1 Å². The minimum Gasteiger partial charge on any atom is -0.480 e. The van der Waals surface area contributed by atoms with Gasteiger partial charge in [-0.1, -0.05) is 42.5 Å². The van der Waals surface area contributed by atoms with Gasteiger partial charge in [0.2, 0.25) is 0 Å². The van der Waals surface area contributed by atoms with Crippen molar-refractivity contribution in [2.45, 2.75) is 25.7 Å². The van der Waals surface area contributed by atoms with Crippen molar-refractivity contribution in [3.63, 3.8) is 0 Å². The van der Waals surface area contributed by atoms with E-state index in [0.29, 0.717) is 11.1 Å². The number of rotatable bonds is 5. The molecule has 5 nitrogen and oxygen atoms in total. The van der Waals surface area contributed by atoms with Crippen molar-refractivity contribution in [1.82, 2.24) is 5.32 Å².